The Labute approximate surface area is 84.7 Å². The quantitative estimate of drug-likeness (QED) is 0.792. The summed E-state index contributed by atoms with van der Waals surface area (Å²) in [7, 11) is 0. The molecule has 0 fully saturated rings. The topological polar surface area (TPSA) is 41.6 Å². The van der Waals surface area contributed by atoms with E-state index >= 15 is 0 Å². The number of aromatic amines is 1. The molecule has 0 amide bonds. The molecule has 2 rings (SSSR count). The summed E-state index contributed by atoms with van der Waals surface area (Å²) >= 11 is 11.3. The van der Waals surface area contributed by atoms with Gasteiger partial charge in [-0.05, 0) is 35.9 Å². The molecule has 0 saturated heterocycles. The number of aromatic nitrogens is 3. The Morgan fingerprint density at radius 2 is 1.77 bits per heavy atom. The van der Waals surface area contributed by atoms with E-state index in [1.807, 2.05) is 12.1 Å². The van der Waals surface area contributed by atoms with Gasteiger partial charge in [0.2, 0.25) is 5.28 Å². The van der Waals surface area contributed by atoms with Crippen LogP contribution in [0.15, 0.2) is 24.3 Å². The first-order chi connectivity index (χ1) is 6.25. The SMILES string of the molecule is Clc1ccc(-c2n[nH]c(Cl)n2)cc1. The van der Waals surface area contributed by atoms with Crippen LogP contribution in [0, 0.1) is 0 Å². The van der Waals surface area contributed by atoms with E-state index < -0.39 is 0 Å². The average molecular weight is 214 g/mol. The van der Waals surface area contributed by atoms with Gasteiger partial charge in [0.25, 0.3) is 0 Å². The van der Waals surface area contributed by atoms with E-state index in [4.69, 9.17) is 23.2 Å². The van der Waals surface area contributed by atoms with Crippen molar-refractivity contribution in [1.82, 2.24) is 15.2 Å². The first-order valence-corrected chi connectivity index (χ1v) is 4.35. The van der Waals surface area contributed by atoms with Crippen LogP contribution in [0.2, 0.25) is 10.3 Å². The van der Waals surface area contributed by atoms with Gasteiger partial charge in [0, 0.05) is 10.6 Å². The molecule has 0 atom stereocenters. The average Bonchev–Trinajstić information content (AvgIpc) is 2.53. The molecule has 0 aliphatic heterocycles. The number of hydrogen-bond acceptors (Lipinski definition) is 2. The fourth-order valence-electron chi connectivity index (χ4n) is 0.970. The normalized spacial score (nSPS) is 10.3. The molecule has 13 heavy (non-hydrogen) atoms. The zero-order valence-electron chi connectivity index (χ0n) is 6.46. The van der Waals surface area contributed by atoms with Gasteiger partial charge in [-0.15, -0.1) is 0 Å². The molecule has 66 valence electrons. The van der Waals surface area contributed by atoms with E-state index in [0.29, 0.717) is 10.8 Å². The molecule has 0 unspecified atom stereocenters. The van der Waals surface area contributed by atoms with E-state index in [-0.39, 0.29) is 5.28 Å². The third-order valence-corrected chi connectivity index (χ3v) is 1.98. The number of halogens is 2. The number of benzene rings is 1. The third-order valence-electron chi connectivity index (χ3n) is 1.56. The minimum absolute atomic E-state index is 0.282. The second-order valence-corrected chi connectivity index (χ2v) is 3.25. The maximum Gasteiger partial charge on any atom is 0.218 e. The molecule has 0 bridgehead atoms. The molecule has 5 heteroatoms. The molecule has 2 aromatic rings. The Morgan fingerprint density at radius 1 is 1.08 bits per heavy atom. The number of hydrogen-bond donors (Lipinski definition) is 1. The van der Waals surface area contributed by atoms with Crippen LogP contribution in [-0.2, 0) is 0 Å². The lowest BCUT2D eigenvalue weighted by Crippen LogP contribution is -1.79. The number of H-pyrrole nitrogens is 1. The highest BCUT2D eigenvalue weighted by molar-refractivity contribution is 6.30. The summed E-state index contributed by atoms with van der Waals surface area (Å²) in [5.74, 6) is 0.571. The molecule has 0 saturated carbocycles. The summed E-state index contributed by atoms with van der Waals surface area (Å²) < 4.78 is 0. The van der Waals surface area contributed by atoms with E-state index in [0.717, 1.165) is 5.56 Å². The van der Waals surface area contributed by atoms with Gasteiger partial charge in [0.1, 0.15) is 0 Å². The van der Waals surface area contributed by atoms with Crippen LogP contribution < -0.4 is 0 Å². The maximum absolute atomic E-state index is 5.73. The Kier molecular flexibility index (Phi) is 2.20. The van der Waals surface area contributed by atoms with Crippen LogP contribution in [0.25, 0.3) is 11.4 Å². The molecule has 0 radical (unpaired) electrons. The van der Waals surface area contributed by atoms with Crippen molar-refractivity contribution in [3.8, 4) is 11.4 Å². The smallest absolute Gasteiger partial charge is 0.218 e. The predicted octanol–water partition coefficient (Wildman–Crippen LogP) is 2.78. The van der Waals surface area contributed by atoms with Crippen LogP contribution in [0.3, 0.4) is 0 Å². The lowest BCUT2D eigenvalue weighted by atomic mass is 10.2. The fraction of sp³-hybridized carbons (Fsp3) is 0. The molecule has 0 aliphatic rings. The minimum atomic E-state index is 0.282. The van der Waals surface area contributed by atoms with Gasteiger partial charge in [-0.2, -0.15) is 10.1 Å². The lowest BCUT2D eigenvalue weighted by Gasteiger charge is -1.93. The Bertz CT molecular complexity index is 408. The van der Waals surface area contributed by atoms with Crippen molar-refractivity contribution in [3.63, 3.8) is 0 Å². The maximum atomic E-state index is 5.73. The van der Waals surface area contributed by atoms with Gasteiger partial charge >= 0.3 is 0 Å². The summed E-state index contributed by atoms with van der Waals surface area (Å²) in [5.41, 5.74) is 0.882. The van der Waals surface area contributed by atoms with Crippen LogP contribution >= 0.6 is 23.2 Å². The van der Waals surface area contributed by atoms with E-state index in [2.05, 4.69) is 15.2 Å². The number of nitrogens with zero attached hydrogens (tertiary/aromatic N) is 2. The van der Waals surface area contributed by atoms with Gasteiger partial charge in [-0.25, -0.2) is 5.10 Å². The van der Waals surface area contributed by atoms with Crippen LogP contribution in [0.4, 0.5) is 0 Å². The highest BCUT2D eigenvalue weighted by Crippen LogP contribution is 2.18. The fourth-order valence-corrected chi connectivity index (χ4v) is 1.22. The van der Waals surface area contributed by atoms with Gasteiger partial charge in [-0.1, -0.05) is 11.6 Å². The summed E-state index contributed by atoms with van der Waals surface area (Å²) in [4.78, 5) is 3.97. The van der Waals surface area contributed by atoms with Crippen molar-refractivity contribution in [2.24, 2.45) is 0 Å². The van der Waals surface area contributed by atoms with Gasteiger partial charge in [0.15, 0.2) is 5.82 Å². The van der Waals surface area contributed by atoms with Crippen LogP contribution in [-0.4, -0.2) is 15.2 Å². The monoisotopic (exact) mass is 213 g/mol. The van der Waals surface area contributed by atoms with E-state index in [9.17, 15) is 0 Å². The van der Waals surface area contributed by atoms with Crippen molar-refractivity contribution in [1.29, 1.82) is 0 Å². The molecule has 3 nitrogen and oxygen atoms in total. The van der Waals surface area contributed by atoms with Crippen LogP contribution in [0.5, 0.6) is 0 Å². The second kappa shape index (κ2) is 3.36. The highest BCUT2D eigenvalue weighted by atomic mass is 35.5. The molecular weight excluding hydrogens is 209 g/mol. The molecular formula is C8H5Cl2N3. The highest BCUT2D eigenvalue weighted by Gasteiger charge is 2.02. The second-order valence-electron chi connectivity index (χ2n) is 2.46. The predicted molar refractivity (Wildman–Crippen MR) is 51.8 cm³/mol. The molecule has 1 heterocycles. The lowest BCUT2D eigenvalue weighted by molar-refractivity contribution is 1.10. The summed E-state index contributed by atoms with van der Waals surface area (Å²) in [6.07, 6.45) is 0. The van der Waals surface area contributed by atoms with E-state index in [1.54, 1.807) is 12.1 Å². The first-order valence-electron chi connectivity index (χ1n) is 3.59. The molecule has 1 aromatic heterocycles. The van der Waals surface area contributed by atoms with Crippen LogP contribution in [0.1, 0.15) is 0 Å². The largest absolute Gasteiger partial charge is 0.249 e. The van der Waals surface area contributed by atoms with Crippen molar-refractivity contribution >= 4 is 23.2 Å². The first kappa shape index (κ1) is 8.53. The van der Waals surface area contributed by atoms with E-state index in [1.165, 1.54) is 0 Å². The van der Waals surface area contributed by atoms with Crippen molar-refractivity contribution in [2.75, 3.05) is 0 Å². The minimum Gasteiger partial charge on any atom is -0.249 e. The summed E-state index contributed by atoms with van der Waals surface area (Å²) in [5, 5.41) is 7.43. The number of rotatable bonds is 1. The standard InChI is InChI=1S/C8H5Cl2N3/c9-6-3-1-5(2-4-6)7-11-8(10)13-12-7/h1-4H,(H,11,12,13). The Hall–Kier alpha value is -1.06. The molecule has 0 aliphatic carbocycles. The molecule has 1 N–H and O–H groups in total. The van der Waals surface area contributed by atoms with Crippen molar-refractivity contribution < 1.29 is 0 Å². The number of nitrogens with one attached hydrogen (secondary N) is 1. The van der Waals surface area contributed by atoms with Crippen molar-refractivity contribution in [2.45, 2.75) is 0 Å². The summed E-state index contributed by atoms with van der Waals surface area (Å²) in [6, 6.07) is 7.23. The Morgan fingerprint density at radius 3 is 2.31 bits per heavy atom. The summed E-state index contributed by atoms with van der Waals surface area (Å²) in [6.45, 7) is 0. The third kappa shape index (κ3) is 1.82. The van der Waals surface area contributed by atoms with Crippen molar-refractivity contribution in [3.05, 3.63) is 34.6 Å². The van der Waals surface area contributed by atoms with Gasteiger partial charge in [-0.3, -0.25) is 0 Å². The molecule has 0 spiro atoms. The molecule has 1 aromatic carbocycles. The van der Waals surface area contributed by atoms with Gasteiger partial charge < -0.3 is 0 Å². The Balaban J connectivity index is 2.41. The zero-order valence-corrected chi connectivity index (χ0v) is 7.97. The van der Waals surface area contributed by atoms with Gasteiger partial charge in [0.05, 0.1) is 0 Å². The zero-order chi connectivity index (χ0) is 9.26.